The van der Waals surface area contributed by atoms with Crippen LogP contribution >= 0.6 is 11.3 Å². The first-order valence-corrected chi connectivity index (χ1v) is 5.26. The van der Waals surface area contributed by atoms with Gasteiger partial charge in [-0.05, 0) is 30.7 Å². The summed E-state index contributed by atoms with van der Waals surface area (Å²) in [5.74, 6) is 0.347. The van der Waals surface area contributed by atoms with Gasteiger partial charge in [0.1, 0.15) is 0 Å². The summed E-state index contributed by atoms with van der Waals surface area (Å²) in [6.45, 7) is 1.79. The molecule has 0 radical (unpaired) electrons. The van der Waals surface area contributed by atoms with E-state index in [0.29, 0.717) is 6.42 Å². The van der Waals surface area contributed by atoms with E-state index in [2.05, 4.69) is 0 Å². The van der Waals surface area contributed by atoms with Gasteiger partial charge in [0, 0.05) is 6.42 Å². The summed E-state index contributed by atoms with van der Waals surface area (Å²) in [4.78, 5) is 12.4. The highest BCUT2D eigenvalue weighted by molar-refractivity contribution is 7.12. The first-order valence-electron chi connectivity index (χ1n) is 4.39. The average molecular weight is 196 g/mol. The third kappa shape index (κ3) is 1.81. The molecule has 1 aliphatic carbocycles. The molecule has 1 aliphatic rings. The van der Waals surface area contributed by atoms with Crippen LogP contribution in [-0.2, 0) is 0 Å². The number of carbonyl (C=O) groups is 1. The molecule has 2 atom stereocenters. The zero-order valence-electron chi connectivity index (χ0n) is 7.49. The monoisotopic (exact) mass is 196 g/mol. The third-order valence-electron chi connectivity index (χ3n) is 2.61. The third-order valence-corrected chi connectivity index (χ3v) is 3.52. The molecule has 70 valence electrons. The van der Waals surface area contributed by atoms with Gasteiger partial charge < -0.3 is 5.11 Å². The quantitative estimate of drug-likeness (QED) is 0.752. The zero-order chi connectivity index (χ0) is 9.47. The molecule has 0 aliphatic heterocycles. The van der Waals surface area contributed by atoms with Crippen molar-refractivity contribution in [3.8, 4) is 0 Å². The molecular weight excluding hydrogens is 184 g/mol. The maximum Gasteiger partial charge on any atom is 0.173 e. The van der Waals surface area contributed by atoms with Crippen LogP contribution in [0.1, 0.15) is 29.4 Å². The van der Waals surface area contributed by atoms with Crippen LogP contribution in [0.4, 0.5) is 0 Å². The van der Waals surface area contributed by atoms with E-state index in [1.54, 1.807) is 6.92 Å². The van der Waals surface area contributed by atoms with Crippen LogP contribution in [0.5, 0.6) is 0 Å². The van der Waals surface area contributed by atoms with Gasteiger partial charge in [0.25, 0.3) is 0 Å². The predicted octanol–water partition coefficient (Wildman–Crippen LogP) is 2.09. The minimum Gasteiger partial charge on any atom is -0.390 e. The van der Waals surface area contributed by atoms with Crippen molar-refractivity contribution in [2.24, 2.45) is 5.92 Å². The molecule has 0 spiro atoms. The van der Waals surface area contributed by atoms with Gasteiger partial charge in [0.2, 0.25) is 0 Å². The van der Waals surface area contributed by atoms with E-state index in [9.17, 15) is 9.90 Å². The standard InChI is InChI=1S/C10H12O2S/c1-10(12)6-7(10)5-8(11)9-3-2-4-13-9/h2-4,7,12H,5-6H2,1H3/t7-,10+/m0/s1. The van der Waals surface area contributed by atoms with Gasteiger partial charge in [-0.15, -0.1) is 11.3 Å². The van der Waals surface area contributed by atoms with Crippen molar-refractivity contribution in [3.05, 3.63) is 22.4 Å². The van der Waals surface area contributed by atoms with Crippen LogP contribution < -0.4 is 0 Å². The molecule has 1 aromatic rings. The molecule has 13 heavy (non-hydrogen) atoms. The lowest BCUT2D eigenvalue weighted by Crippen LogP contribution is -2.07. The number of carbonyl (C=O) groups excluding carboxylic acids is 1. The van der Waals surface area contributed by atoms with E-state index in [-0.39, 0.29) is 11.7 Å². The van der Waals surface area contributed by atoms with E-state index in [1.807, 2.05) is 17.5 Å². The predicted molar refractivity (Wildman–Crippen MR) is 52.0 cm³/mol. The number of Topliss-reactive ketones (excluding diaryl/α,β-unsaturated/α-hetero) is 1. The molecule has 0 aromatic carbocycles. The summed E-state index contributed by atoms with van der Waals surface area (Å²) >= 11 is 1.47. The van der Waals surface area contributed by atoms with Crippen LogP contribution in [-0.4, -0.2) is 16.5 Å². The summed E-state index contributed by atoms with van der Waals surface area (Å²) in [7, 11) is 0. The fourth-order valence-corrected chi connectivity index (χ4v) is 2.17. The molecule has 1 N–H and O–H groups in total. The Labute approximate surface area is 81.2 Å². The van der Waals surface area contributed by atoms with E-state index in [1.165, 1.54) is 11.3 Å². The number of hydrogen-bond donors (Lipinski definition) is 1. The maximum absolute atomic E-state index is 11.5. The summed E-state index contributed by atoms with van der Waals surface area (Å²) in [6, 6.07) is 3.72. The van der Waals surface area contributed by atoms with Crippen LogP contribution in [0.15, 0.2) is 17.5 Å². The SMILES string of the molecule is C[C@@]1(O)C[C@@H]1CC(=O)c1cccs1. The highest BCUT2D eigenvalue weighted by Crippen LogP contribution is 2.45. The van der Waals surface area contributed by atoms with Crippen molar-refractivity contribution < 1.29 is 9.90 Å². The van der Waals surface area contributed by atoms with Gasteiger partial charge in [-0.2, -0.15) is 0 Å². The molecule has 1 aromatic heterocycles. The molecular formula is C10H12O2S. The highest BCUT2D eigenvalue weighted by atomic mass is 32.1. The van der Waals surface area contributed by atoms with Crippen molar-refractivity contribution in [1.29, 1.82) is 0 Å². The van der Waals surface area contributed by atoms with Gasteiger partial charge >= 0.3 is 0 Å². The number of aliphatic hydroxyl groups is 1. The molecule has 1 heterocycles. The van der Waals surface area contributed by atoms with E-state index < -0.39 is 5.60 Å². The molecule has 2 rings (SSSR count). The Balaban J connectivity index is 1.94. The summed E-state index contributed by atoms with van der Waals surface area (Å²) in [5, 5.41) is 11.4. The summed E-state index contributed by atoms with van der Waals surface area (Å²) < 4.78 is 0. The molecule has 0 amide bonds. The Morgan fingerprint density at radius 2 is 2.54 bits per heavy atom. The molecule has 2 nitrogen and oxygen atoms in total. The lowest BCUT2D eigenvalue weighted by molar-refractivity contribution is 0.0944. The van der Waals surface area contributed by atoms with Crippen LogP contribution in [0.25, 0.3) is 0 Å². The normalized spacial score (nSPS) is 31.7. The Bertz CT molecular complexity index is 314. The average Bonchev–Trinajstić information content (AvgIpc) is 2.58. The topological polar surface area (TPSA) is 37.3 Å². The smallest absolute Gasteiger partial charge is 0.173 e. The van der Waals surface area contributed by atoms with Crippen LogP contribution in [0, 0.1) is 5.92 Å². The van der Waals surface area contributed by atoms with Crippen molar-refractivity contribution in [2.45, 2.75) is 25.4 Å². The molecule has 0 saturated heterocycles. The molecule has 3 heteroatoms. The Hall–Kier alpha value is -0.670. The number of hydrogen-bond acceptors (Lipinski definition) is 3. The summed E-state index contributed by atoms with van der Waals surface area (Å²) in [5.41, 5.74) is -0.576. The Morgan fingerprint density at radius 3 is 3.00 bits per heavy atom. The van der Waals surface area contributed by atoms with Gasteiger partial charge in [-0.25, -0.2) is 0 Å². The van der Waals surface area contributed by atoms with Gasteiger partial charge in [0.15, 0.2) is 5.78 Å². The zero-order valence-corrected chi connectivity index (χ0v) is 8.30. The van der Waals surface area contributed by atoms with Crippen LogP contribution in [0.3, 0.4) is 0 Å². The number of ketones is 1. The van der Waals surface area contributed by atoms with Crippen molar-refractivity contribution >= 4 is 17.1 Å². The lowest BCUT2D eigenvalue weighted by Gasteiger charge is -2.00. The Morgan fingerprint density at radius 1 is 1.85 bits per heavy atom. The molecule has 0 bridgehead atoms. The molecule has 0 unspecified atom stereocenters. The lowest BCUT2D eigenvalue weighted by atomic mass is 10.1. The van der Waals surface area contributed by atoms with Crippen LogP contribution in [0.2, 0.25) is 0 Å². The second-order valence-corrected chi connectivity index (χ2v) is 4.81. The maximum atomic E-state index is 11.5. The van der Waals surface area contributed by atoms with Gasteiger partial charge in [0.05, 0.1) is 10.5 Å². The fourth-order valence-electron chi connectivity index (χ4n) is 1.49. The second kappa shape index (κ2) is 2.93. The minimum absolute atomic E-state index is 0.165. The summed E-state index contributed by atoms with van der Waals surface area (Å²) in [6.07, 6.45) is 1.26. The first-order chi connectivity index (χ1) is 6.09. The van der Waals surface area contributed by atoms with Crippen molar-refractivity contribution in [3.63, 3.8) is 0 Å². The largest absolute Gasteiger partial charge is 0.390 e. The van der Waals surface area contributed by atoms with Gasteiger partial charge in [-0.1, -0.05) is 6.07 Å². The van der Waals surface area contributed by atoms with E-state index >= 15 is 0 Å². The van der Waals surface area contributed by atoms with Crippen molar-refractivity contribution in [1.82, 2.24) is 0 Å². The number of thiophene rings is 1. The molecule has 1 fully saturated rings. The first kappa shape index (κ1) is 8.91. The van der Waals surface area contributed by atoms with E-state index in [4.69, 9.17) is 0 Å². The highest BCUT2D eigenvalue weighted by Gasteiger charge is 2.49. The van der Waals surface area contributed by atoms with Crippen molar-refractivity contribution in [2.75, 3.05) is 0 Å². The number of rotatable bonds is 3. The minimum atomic E-state index is -0.576. The van der Waals surface area contributed by atoms with E-state index in [0.717, 1.165) is 11.3 Å². The Kier molecular flexibility index (Phi) is 2.00. The fraction of sp³-hybridized carbons (Fsp3) is 0.500. The van der Waals surface area contributed by atoms with Gasteiger partial charge in [-0.3, -0.25) is 4.79 Å². The second-order valence-electron chi connectivity index (χ2n) is 3.86. The molecule has 1 saturated carbocycles.